The van der Waals surface area contributed by atoms with Crippen LogP contribution in [0.4, 0.5) is 4.79 Å². The number of hydrogen-bond donors (Lipinski definition) is 3. The van der Waals surface area contributed by atoms with Gasteiger partial charge in [0.05, 0.1) is 0 Å². The van der Waals surface area contributed by atoms with Crippen LogP contribution >= 0.6 is 0 Å². The van der Waals surface area contributed by atoms with Gasteiger partial charge in [-0.05, 0) is 12.8 Å². The van der Waals surface area contributed by atoms with Gasteiger partial charge in [-0.15, -0.1) is 0 Å². The van der Waals surface area contributed by atoms with E-state index in [2.05, 4.69) is 10.6 Å². The Labute approximate surface area is 90.2 Å². The van der Waals surface area contributed by atoms with Gasteiger partial charge < -0.3 is 15.7 Å². The molecule has 2 amide bonds. The zero-order valence-electron chi connectivity index (χ0n) is 9.38. The van der Waals surface area contributed by atoms with Crippen molar-refractivity contribution in [1.29, 1.82) is 0 Å². The molecule has 0 saturated heterocycles. The molecule has 0 aliphatic carbocycles. The third-order valence-corrected chi connectivity index (χ3v) is 2.00. The van der Waals surface area contributed by atoms with Gasteiger partial charge in [-0.25, -0.2) is 9.59 Å². The fourth-order valence-corrected chi connectivity index (χ4v) is 1.13. The summed E-state index contributed by atoms with van der Waals surface area (Å²) in [6.07, 6.45) is 3.08. The number of amides is 2. The summed E-state index contributed by atoms with van der Waals surface area (Å²) < 4.78 is 0. The smallest absolute Gasteiger partial charge is 0.326 e. The molecule has 0 unspecified atom stereocenters. The average molecular weight is 216 g/mol. The lowest BCUT2D eigenvalue weighted by molar-refractivity contribution is -0.139. The maximum absolute atomic E-state index is 11.2. The number of carbonyl (C=O) groups is 2. The standard InChI is InChI=1S/C10H20N2O3/c1-3-5-7-11-10(15)12-8(6-4-2)9(13)14/h8H,3-7H2,1-2H3,(H,13,14)(H2,11,12,15)/t8-/m0/s1. The maximum Gasteiger partial charge on any atom is 0.326 e. The van der Waals surface area contributed by atoms with Gasteiger partial charge in [0.15, 0.2) is 0 Å². The van der Waals surface area contributed by atoms with E-state index in [4.69, 9.17) is 5.11 Å². The van der Waals surface area contributed by atoms with Gasteiger partial charge in [-0.2, -0.15) is 0 Å². The Balaban J connectivity index is 3.84. The third kappa shape index (κ3) is 6.76. The molecule has 5 heteroatoms. The van der Waals surface area contributed by atoms with Gasteiger partial charge in [-0.1, -0.05) is 26.7 Å². The molecule has 0 fully saturated rings. The highest BCUT2D eigenvalue weighted by Crippen LogP contribution is 1.96. The Bertz CT molecular complexity index is 207. The summed E-state index contributed by atoms with van der Waals surface area (Å²) in [5.74, 6) is -0.984. The molecule has 0 rings (SSSR count). The van der Waals surface area contributed by atoms with Crippen molar-refractivity contribution >= 4 is 12.0 Å². The van der Waals surface area contributed by atoms with Gasteiger partial charge in [-0.3, -0.25) is 0 Å². The van der Waals surface area contributed by atoms with E-state index >= 15 is 0 Å². The van der Waals surface area contributed by atoms with Crippen LogP contribution in [0, 0.1) is 0 Å². The van der Waals surface area contributed by atoms with E-state index in [0.717, 1.165) is 19.3 Å². The van der Waals surface area contributed by atoms with E-state index in [-0.39, 0.29) is 0 Å². The molecule has 0 aliphatic rings. The Morgan fingerprint density at radius 3 is 2.40 bits per heavy atom. The molecule has 0 radical (unpaired) electrons. The van der Waals surface area contributed by atoms with Crippen LogP contribution in [-0.2, 0) is 4.79 Å². The summed E-state index contributed by atoms with van der Waals surface area (Å²) in [5.41, 5.74) is 0. The summed E-state index contributed by atoms with van der Waals surface area (Å²) in [7, 11) is 0. The number of unbranched alkanes of at least 4 members (excludes halogenated alkanes) is 1. The van der Waals surface area contributed by atoms with Gasteiger partial charge in [0, 0.05) is 6.54 Å². The first-order valence-electron chi connectivity index (χ1n) is 5.39. The van der Waals surface area contributed by atoms with Gasteiger partial charge in [0.2, 0.25) is 0 Å². The predicted molar refractivity (Wildman–Crippen MR) is 57.8 cm³/mol. The molecule has 3 N–H and O–H groups in total. The van der Waals surface area contributed by atoms with Crippen molar-refractivity contribution in [2.24, 2.45) is 0 Å². The Kier molecular flexibility index (Phi) is 7.40. The third-order valence-electron chi connectivity index (χ3n) is 2.00. The largest absolute Gasteiger partial charge is 0.480 e. The molecule has 0 saturated carbocycles. The van der Waals surface area contributed by atoms with Crippen molar-refractivity contribution in [2.75, 3.05) is 6.54 Å². The van der Waals surface area contributed by atoms with E-state index < -0.39 is 18.0 Å². The summed E-state index contributed by atoms with van der Waals surface area (Å²) in [4.78, 5) is 21.9. The molecule has 0 heterocycles. The minimum Gasteiger partial charge on any atom is -0.480 e. The van der Waals surface area contributed by atoms with Crippen LogP contribution in [0.3, 0.4) is 0 Å². The molecule has 15 heavy (non-hydrogen) atoms. The number of carboxylic acid groups (broad SMARTS) is 1. The Morgan fingerprint density at radius 1 is 1.27 bits per heavy atom. The average Bonchev–Trinajstić information content (AvgIpc) is 2.17. The van der Waals surface area contributed by atoms with Crippen LogP contribution in [-0.4, -0.2) is 29.7 Å². The maximum atomic E-state index is 11.2. The highest BCUT2D eigenvalue weighted by atomic mass is 16.4. The summed E-state index contributed by atoms with van der Waals surface area (Å²) in [6, 6.07) is -1.18. The first-order chi connectivity index (χ1) is 7.11. The lowest BCUT2D eigenvalue weighted by Gasteiger charge is -2.13. The minimum absolute atomic E-state index is 0.399. The quantitative estimate of drug-likeness (QED) is 0.562. The van der Waals surface area contributed by atoms with Crippen LogP contribution in [0.25, 0.3) is 0 Å². The highest BCUT2D eigenvalue weighted by molar-refractivity contribution is 5.82. The van der Waals surface area contributed by atoms with E-state index in [1.54, 1.807) is 0 Å². The second-order valence-electron chi connectivity index (χ2n) is 3.43. The van der Waals surface area contributed by atoms with Crippen molar-refractivity contribution in [3.05, 3.63) is 0 Å². The Morgan fingerprint density at radius 2 is 1.93 bits per heavy atom. The van der Waals surface area contributed by atoms with Gasteiger partial charge in [0.1, 0.15) is 6.04 Å². The topological polar surface area (TPSA) is 78.4 Å². The molecular formula is C10H20N2O3. The second-order valence-corrected chi connectivity index (χ2v) is 3.43. The number of nitrogens with one attached hydrogen (secondary N) is 2. The van der Waals surface area contributed by atoms with Crippen molar-refractivity contribution in [3.8, 4) is 0 Å². The summed E-state index contributed by atoms with van der Waals surface area (Å²) >= 11 is 0. The molecule has 0 aliphatic heterocycles. The second kappa shape index (κ2) is 8.08. The van der Waals surface area contributed by atoms with Gasteiger partial charge >= 0.3 is 12.0 Å². The highest BCUT2D eigenvalue weighted by Gasteiger charge is 2.17. The van der Waals surface area contributed by atoms with Crippen molar-refractivity contribution in [2.45, 2.75) is 45.6 Å². The SMILES string of the molecule is CCCCNC(=O)N[C@@H](CCC)C(=O)O. The summed E-state index contributed by atoms with van der Waals surface area (Å²) in [6.45, 7) is 4.49. The van der Waals surface area contributed by atoms with Crippen molar-refractivity contribution in [1.82, 2.24) is 10.6 Å². The normalized spacial score (nSPS) is 11.9. The van der Waals surface area contributed by atoms with E-state index in [0.29, 0.717) is 13.0 Å². The molecule has 5 nitrogen and oxygen atoms in total. The number of urea groups is 1. The molecule has 0 aromatic carbocycles. The van der Waals surface area contributed by atoms with E-state index in [1.807, 2.05) is 13.8 Å². The summed E-state index contributed by atoms with van der Waals surface area (Å²) in [5, 5.41) is 13.8. The van der Waals surface area contributed by atoms with Crippen LogP contribution in [0.2, 0.25) is 0 Å². The monoisotopic (exact) mass is 216 g/mol. The molecule has 1 atom stereocenters. The lowest BCUT2D eigenvalue weighted by Crippen LogP contribution is -2.46. The predicted octanol–water partition coefficient (Wildman–Crippen LogP) is 1.34. The molecule has 0 aromatic rings. The van der Waals surface area contributed by atoms with E-state index in [1.165, 1.54) is 0 Å². The first kappa shape index (κ1) is 13.7. The van der Waals surface area contributed by atoms with E-state index in [9.17, 15) is 9.59 Å². The lowest BCUT2D eigenvalue weighted by atomic mass is 10.2. The zero-order chi connectivity index (χ0) is 11.7. The fraction of sp³-hybridized carbons (Fsp3) is 0.800. The molecule has 0 spiro atoms. The number of rotatable bonds is 7. The van der Waals surface area contributed by atoms with Crippen LogP contribution < -0.4 is 10.6 Å². The van der Waals surface area contributed by atoms with Gasteiger partial charge in [0.25, 0.3) is 0 Å². The molecular weight excluding hydrogens is 196 g/mol. The Hall–Kier alpha value is -1.26. The molecule has 0 aromatic heterocycles. The van der Waals surface area contributed by atoms with Crippen molar-refractivity contribution < 1.29 is 14.7 Å². The number of carbonyl (C=O) groups excluding carboxylic acids is 1. The fourth-order valence-electron chi connectivity index (χ4n) is 1.13. The minimum atomic E-state index is -0.984. The zero-order valence-corrected chi connectivity index (χ0v) is 9.38. The van der Waals surface area contributed by atoms with Crippen LogP contribution in [0.1, 0.15) is 39.5 Å². The molecule has 0 bridgehead atoms. The number of aliphatic carboxylic acids is 1. The molecule has 88 valence electrons. The number of carboxylic acids is 1. The number of hydrogen-bond acceptors (Lipinski definition) is 2. The van der Waals surface area contributed by atoms with Crippen LogP contribution in [0.15, 0.2) is 0 Å². The van der Waals surface area contributed by atoms with Crippen LogP contribution in [0.5, 0.6) is 0 Å². The van der Waals surface area contributed by atoms with Crippen molar-refractivity contribution in [3.63, 3.8) is 0 Å². The first-order valence-corrected chi connectivity index (χ1v) is 5.39.